The summed E-state index contributed by atoms with van der Waals surface area (Å²) in [6.07, 6.45) is 3.63. The van der Waals surface area contributed by atoms with Crippen molar-refractivity contribution in [2.45, 2.75) is 52.0 Å². The molecule has 0 amide bonds. The second-order valence-electron chi connectivity index (χ2n) is 6.12. The summed E-state index contributed by atoms with van der Waals surface area (Å²) in [6.45, 7) is 7.38. The number of benzene rings is 1. The first kappa shape index (κ1) is 17.5. The lowest BCUT2D eigenvalue weighted by Gasteiger charge is -2.20. The summed E-state index contributed by atoms with van der Waals surface area (Å²) in [6, 6.07) is 10.4. The number of oxime groups is 1. The van der Waals surface area contributed by atoms with E-state index < -0.39 is 0 Å². The van der Waals surface area contributed by atoms with E-state index in [-0.39, 0.29) is 11.8 Å². The van der Waals surface area contributed by atoms with Gasteiger partial charge >= 0.3 is 0 Å². The Labute approximate surface area is 128 Å². The highest BCUT2D eigenvalue weighted by atomic mass is 16.4. The molecule has 0 aromatic heterocycles. The Morgan fingerprint density at radius 3 is 2.43 bits per heavy atom. The van der Waals surface area contributed by atoms with Crippen molar-refractivity contribution in [3.8, 4) is 0 Å². The first-order valence-electron chi connectivity index (χ1n) is 7.80. The summed E-state index contributed by atoms with van der Waals surface area (Å²) < 4.78 is 0. The van der Waals surface area contributed by atoms with Gasteiger partial charge in [-0.3, -0.25) is 0 Å². The SMILES string of the molecule is CC(C)CCCC(C)NCC(C(N)=NO)c1ccccc1. The number of nitrogens with zero attached hydrogens (tertiary/aromatic N) is 1. The van der Waals surface area contributed by atoms with Gasteiger partial charge in [-0.05, 0) is 24.8 Å². The van der Waals surface area contributed by atoms with Gasteiger partial charge in [-0.1, -0.05) is 62.2 Å². The number of nitrogens with one attached hydrogen (secondary N) is 1. The third-order valence-corrected chi connectivity index (χ3v) is 3.76. The number of nitrogens with two attached hydrogens (primary N) is 1. The van der Waals surface area contributed by atoms with Gasteiger partial charge in [-0.25, -0.2) is 0 Å². The van der Waals surface area contributed by atoms with Gasteiger partial charge in [0.2, 0.25) is 0 Å². The van der Waals surface area contributed by atoms with E-state index in [1.807, 2.05) is 30.3 Å². The van der Waals surface area contributed by atoms with Crippen LogP contribution in [0.15, 0.2) is 35.5 Å². The normalized spacial score (nSPS) is 15.1. The van der Waals surface area contributed by atoms with Gasteiger partial charge in [0.1, 0.15) is 5.84 Å². The van der Waals surface area contributed by atoms with Crippen LogP contribution in [0.1, 0.15) is 51.5 Å². The summed E-state index contributed by atoms with van der Waals surface area (Å²) in [5.74, 6) is 0.915. The van der Waals surface area contributed by atoms with Crippen LogP contribution in [-0.2, 0) is 0 Å². The van der Waals surface area contributed by atoms with Crippen LogP contribution < -0.4 is 11.1 Å². The standard InChI is InChI=1S/C17H29N3O/c1-13(2)8-7-9-14(3)19-12-16(17(18)20-21)15-10-5-4-6-11-15/h4-6,10-11,13-14,16,19,21H,7-9,12H2,1-3H3,(H2,18,20). The summed E-state index contributed by atoms with van der Waals surface area (Å²) in [7, 11) is 0. The molecule has 0 heterocycles. The van der Waals surface area contributed by atoms with Gasteiger partial charge in [0.05, 0.1) is 5.92 Å². The molecule has 0 aliphatic heterocycles. The molecule has 0 spiro atoms. The van der Waals surface area contributed by atoms with Crippen molar-refractivity contribution in [3.63, 3.8) is 0 Å². The maximum atomic E-state index is 8.97. The molecule has 0 saturated carbocycles. The molecule has 0 radical (unpaired) electrons. The highest BCUT2D eigenvalue weighted by molar-refractivity contribution is 5.87. The molecule has 4 N–H and O–H groups in total. The maximum Gasteiger partial charge on any atom is 0.147 e. The first-order valence-corrected chi connectivity index (χ1v) is 7.80. The van der Waals surface area contributed by atoms with E-state index in [0.717, 1.165) is 17.9 Å². The van der Waals surface area contributed by atoms with Crippen LogP contribution in [0.25, 0.3) is 0 Å². The Kier molecular flexibility index (Phi) is 7.83. The van der Waals surface area contributed by atoms with Crippen LogP contribution in [0.5, 0.6) is 0 Å². The van der Waals surface area contributed by atoms with E-state index in [1.54, 1.807) is 0 Å². The van der Waals surface area contributed by atoms with E-state index in [4.69, 9.17) is 10.9 Å². The topological polar surface area (TPSA) is 70.6 Å². The Morgan fingerprint density at radius 2 is 1.86 bits per heavy atom. The van der Waals surface area contributed by atoms with Crippen molar-refractivity contribution in [2.75, 3.05) is 6.54 Å². The van der Waals surface area contributed by atoms with Crippen molar-refractivity contribution in [1.82, 2.24) is 5.32 Å². The molecule has 0 aliphatic carbocycles. The van der Waals surface area contributed by atoms with Crippen molar-refractivity contribution in [2.24, 2.45) is 16.8 Å². The van der Waals surface area contributed by atoms with Gasteiger partial charge < -0.3 is 16.3 Å². The van der Waals surface area contributed by atoms with Crippen molar-refractivity contribution < 1.29 is 5.21 Å². The van der Waals surface area contributed by atoms with Crippen molar-refractivity contribution in [3.05, 3.63) is 35.9 Å². The number of hydrogen-bond donors (Lipinski definition) is 3. The smallest absolute Gasteiger partial charge is 0.147 e. The molecule has 1 rings (SSSR count). The van der Waals surface area contributed by atoms with Crippen molar-refractivity contribution >= 4 is 5.84 Å². The molecule has 2 unspecified atom stereocenters. The lowest BCUT2D eigenvalue weighted by Crippen LogP contribution is -2.36. The minimum atomic E-state index is -0.0938. The predicted molar refractivity (Wildman–Crippen MR) is 88.7 cm³/mol. The fraction of sp³-hybridized carbons (Fsp3) is 0.588. The Balaban J connectivity index is 2.51. The van der Waals surface area contributed by atoms with E-state index in [2.05, 4.69) is 31.2 Å². The average Bonchev–Trinajstić information content (AvgIpc) is 2.47. The predicted octanol–water partition coefficient (Wildman–Crippen LogP) is 3.32. The fourth-order valence-corrected chi connectivity index (χ4v) is 2.40. The lowest BCUT2D eigenvalue weighted by molar-refractivity contribution is 0.315. The summed E-state index contributed by atoms with van der Waals surface area (Å²) in [5.41, 5.74) is 6.90. The molecule has 4 heteroatoms. The molecule has 0 aliphatic rings. The third-order valence-electron chi connectivity index (χ3n) is 3.76. The molecule has 1 aromatic rings. The molecule has 1 aromatic carbocycles. The van der Waals surface area contributed by atoms with E-state index in [0.29, 0.717) is 12.6 Å². The molecule has 4 nitrogen and oxygen atoms in total. The van der Waals surface area contributed by atoms with Gasteiger partial charge in [0, 0.05) is 12.6 Å². The number of hydrogen-bond acceptors (Lipinski definition) is 3. The number of amidine groups is 1. The van der Waals surface area contributed by atoms with E-state index in [1.165, 1.54) is 12.8 Å². The third kappa shape index (κ3) is 6.63. The van der Waals surface area contributed by atoms with Crippen LogP contribution in [-0.4, -0.2) is 23.6 Å². The minimum Gasteiger partial charge on any atom is -0.409 e. The molecule has 118 valence electrons. The van der Waals surface area contributed by atoms with Crippen LogP contribution >= 0.6 is 0 Å². The monoisotopic (exact) mass is 291 g/mol. The summed E-state index contributed by atoms with van der Waals surface area (Å²) in [5, 5.41) is 15.7. The molecule has 0 saturated heterocycles. The molecule has 0 fully saturated rings. The number of rotatable bonds is 9. The summed E-state index contributed by atoms with van der Waals surface area (Å²) >= 11 is 0. The second-order valence-corrected chi connectivity index (χ2v) is 6.12. The van der Waals surface area contributed by atoms with Crippen molar-refractivity contribution in [1.29, 1.82) is 0 Å². The lowest BCUT2D eigenvalue weighted by atomic mass is 9.97. The average molecular weight is 291 g/mol. The van der Waals surface area contributed by atoms with Crippen LogP contribution in [0.3, 0.4) is 0 Å². The van der Waals surface area contributed by atoms with E-state index in [9.17, 15) is 0 Å². The molecule has 0 bridgehead atoms. The molecule has 21 heavy (non-hydrogen) atoms. The molecular formula is C17H29N3O. The molecule has 2 atom stereocenters. The zero-order chi connectivity index (χ0) is 15.7. The van der Waals surface area contributed by atoms with Crippen LogP contribution in [0.4, 0.5) is 0 Å². The van der Waals surface area contributed by atoms with Crippen LogP contribution in [0.2, 0.25) is 0 Å². The van der Waals surface area contributed by atoms with Gasteiger partial charge in [0.25, 0.3) is 0 Å². The summed E-state index contributed by atoms with van der Waals surface area (Å²) in [4.78, 5) is 0. The maximum absolute atomic E-state index is 8.97. The first-order chi connectivity index (χ1) is 10.0. The highest BCUT2D eigenvalue weighted by Gasteiger charge is 2.17. The molecular weight excluding hydrogens is 262 g/mol. The van der Waals surface area contributed by atoms with Gasteiger partial charge in [-0.2, -0.15) is 0 Å². The second kappa shape index (κ2) is 9.40. The largest absolute Gasteiger partial charge is 0.409 e. The van der Waals surface area contributed by atoms with Crippen LogP contribution in [0, 0.1) is 5.92 Å². The quantitative estimate of drug-likeness (QED) is 0.283. The highest BCUT2D eigenvalue weighted by Crippen LogP contribution is 2.16. The zero-order valence-corrected chi connectivity index (χ0v) is 13.4. The van der Waals surface area contributed by atoms with E-state index >= 15 is 0 Å². The van der Waals surface area contributed by atoms with Gasteiger partial charge in [0.15, 0.2) is 0 Å². The Morgan fingerprint density at radius 1 is 1.19 bits per heavy atom. The zero-order valence-electron chi connectivity index (χ0n) is 13.4. The minimum absolute atomic E-state index is 0.0938. The fourth-order valence-electron chi connectivity index (χ4n) is 2.40. The Bertz CT molecular complexity index is 417. The van der Waals surface area contributed by atoms with Gasteiger partial charge in [-0.15, -0.1) is 0 Å². The Hall–Kier alpha value is -1.55.